The molecule has 0 spiro atoms. The molecule has 2 nitrogen and oxygen atoms in total. The van der Waals surface area contributed by atoms with Crippen molar-refractivity contribution < 1.29 is 0 Å². The van der Waals surface area contributed by atoms with Crippen LogP contribution in [-0.2, 0) is 0 Å². The lowest BCUT2D eigenvalue weighted by atomic mass is 9.91. The number of benzene rings is 8. The van der Waals surface area contributed by atoms with Crippen molar-refractivity contribution >= 4 is 69.7 Å². The summed E-state index contributed by atoms with van der Waals surface area (Å²) < 4.78 is 2.61. The fourth-order valence-corrected chi connectivity index (χ4v) is 9.81. The van der Waals surface area contributed by atoms with E-state index in [9.17, 15) is 0 Å². The average molecular weight is 721 g/mol. The van der Waals surface area contributed by atoms with Crippen LogP contribution >= 0.6 is 11.3 Å². The molecule has 1 aliphatic carbocycles. The molecule has 2 heterocycles. The van der Waals surface area contributed by atoms with Gasteiger partial charge in [0, 0.05) is 37.4 Å². The van der Waals surface area contributed by atoms with E-state index in [1.165, 1.54) is 80.3 Å². The van der Waals surface area contributed by atoms with Crippen LogP contribution in [0.25, 0.3) is 74.7 Å². The van der Waals surface area contributed by atoms with Gasteiger partial charge in [0.25, 0.3) is 0 Å². The second-order valence-corrected chi connectivity index (χ2v) is 15.7. The van der Waals surface area contributed by atoms with Crippen LogP contribution in [0, 0.1) is 5.92 Å². The molecule has 9 aromatic rings. The van der Waals surface area contributed by atoms with E-state index in [1.54, 1.807) is 0 Å². The van der Waals surface area contributed by atoms with E-state index in [4.69, 9.17) is 4.99 Å². The third-order valence-corrected chi connectivity index (χ3v) is 12.6. The van der Waals surface area contributed by atoms with Gasteiger partial charge in [0.05, 0.1) is 6.04 Å². The zero-order chi connectivity index (χ0) is 36.3. The van der Waals surface area contributed by atoms with Crippen LogP contribution in [-0.4, -0.2) is 5.84 Å². The molecule has 0 radical (unpaired) electrons. The quantitative estimate of drug-likeness (QED) is 0.176. The standard InChI is InChI=1S/C52H36N2S/c1-3-12-34(13-4-1)47-32-48(35-14-5-2-6-15-35)54-52(53-47)36-24-22-33(23-25-36)39-20-11-21-50-51(39)46-31-38(27-29-49(46)55-50)37-26-28-44-42-18-8-7-16-40(42)41-17-9-10-19-43(41)45(44)30-37/h1-14,16-32,35,47H,15H2,(H,53,54). The van der Waals surface area contributed by atoms with E-state index in [0.717, 1.165) is 23.5 Å². The molecule has 0 fully saturated rings. The number of amidine groups is 1. The second-order valence-electron chi connectivity index (χ2n) is 14.7. The summed E-state index contributed by atoms with van der Waals surface area (Å²) in [5, 5.41) is 14.2. The van der Waals surface area contributed by atoms with Crippen LogP contribution < -0.4 is 5.32 Å². The van der Waals surface area contributed by atoms with E-state index in [1.807, 2.05) is 11.3 Å². The molecule has 3 heteroatoms. The molecule has 1 N–H and O–H groups in total. The maximum atomic E-state index is 5.21. The average Bonchev–Trinajstić information content (AvgIpc) is 3.65. The van der Waals surface area contributed by atoms with Gasteiger partial charge in [-0.3, -0.25) is 0 Å². The number of aliphatic imine (C=N–C) groups is 1. The van der Waals surface area contributed by atoms with Crippen molar-refractivity contribution in [3.8, 4) is 22.3 Å². The number of rotatable bonds is 5. The van der Waals surface area contributed by atoms with E-state index in [0.29, 0.717) is 0 Å². The lowest BCUT2D eigenvalue weighted by Crippen LogP contribution is -2.32. The third kappa shape index (κ3) is 5.50. The summed E-state index contributed by atoms with van der Waals surface area (Å²) in [5.74, 6) is 1.19. The number of fused-ring (bicyclic) bond motifs is 9. The molecule has 0 saturated heterocycles. The van der Waals surface area contributed by atoms with E-state index in [2.05, 4.69) is 193 Å². The molecule has 0 saturated carbocycles. The highest BCUT2D eigenvalue weighted by Crippen LogP contribution is 2.43. The lowest BCUT2D eigenvalue weighted by molar-refractivity contribution is 0.693. The fourth-order valence-electron chi connectivity index (χ4n) is 8.69. The van der Waals surface area contributed by atoms with Gasteiger partial charge in [0.2, 0.25) is 0 Å². The smallest absolute Gasteiger partial charge is 0.134 e. The van der Waals surface area contributed by atoms with Crippen molar-refractivity contribution in [3.05, 3.63) is 205 Å². The van der Waals surface area contributed by atoms with Crippen molar-refractivity contribution in [2.75, 3.05) is 0 Å². The van der Waals surface area contributed by atoms with Crippen LogP contribution in [0.2, 0.25) is 0 Å². The maximum Gasteiger partial charge on any atom is 0.134 e. The topological polar surface area (TPSA) is 24.4 Å². The van der Waals surface area contributed by atoms with Gasteiger partial charge in [-0.15, -0.1) is 11.3 Å². The second kappa shape index (κ2) is 13.1. The minimum atomic E-state index is 0.0588. The number of allylic oxidation sites excluding steroid dienone is 4. The Hall–Kier alpha value is -6.55. The zero-order valence-electron chi connectivity index (χ0n) is 30.1. The van der Waals surface area contributed by atoms with Crippen molar-refractivity contribution in [3.63, 3.8) is 0 Å². The normalized spacial score (nSPS) is 16.9. The number of thiophene rings is 1. The molecule has 260 valence electrons. The molecule has 0 amide bonds. The highest BCUT2D eigenvalue weighted by molar-refractivity contribution is 7.26. The molecule has 1 aliphatic heterocycles. The number of hydrogen-bond acceptors (Lipinski definition) is 3. The van der Waals surface area contributed by atoms with Gasteiger partial charge in [-0.25, -0.2) is 4.99 Å². The molecular formula is C52H36N2S. The molecule has 8 aromatic carbocycles. The Bertz CT molecular complexity index is 3050. The summed E-state index contributed by atoms with van der Waals surface area (Å²) in [5.41, 5.74) is 8.37. The zero-order valence-corrected chi connectivity index (χ0v) is 30.9. The SMILES string of the molecule is C1=CCC(C2=CC(c3ccccc3)NC(c3ccc(-c4cccc5sc6ccc(-c7ccc8c9ccccc9c9ccccc9c8c7)cc6c45)cc3)=N2)C=C1. The molecule has 2 atom stereocenters. The number of nitrogens with one attached hydrogen (secondary N) is 1. The Morgan fingerprint density at radius 1 is 0.509 bits per heavy atom. The highest BCUT2D eigenvalue weighted by Gasteiger charge is 2.23. The monoisotopic (exact) mass is 720 g/mol. The van der Waals surface area contributed by atoms with E-state index < -0.39 is 0 Å². The van der Waals surface area contributed by atoms with Crippen LogP contribution in [0.15, 0.2) is 199 Å². The first-order valence-corrected chi connectivity index (χ1v) is 19.9. The summed E-state index contributed by atoms with van der Waals surface area (Å²) in [4.78, 5) is 5.21. The summed E-state index contributed by atoms with van der Waals surface area (Å²) >= 11 is 1.87. The van der Waals surface area contributed by atoms with Crippen molar-refractivity contribution in [2.24, 2.45) is 10.9 Å². The number of nitrogens with zero attached hydrogens (tertiary/aromatic N) is 1. The van der Waals surface area contributed by atoms with E-state index in [-0.39, 0.29) is 12.0 Å². The molecule has 0 bridgehead atoms. The Morgan fingerprint density at radius 3 is 1.87 bits per heavy atom. The molecular weight excluding hydrogens is 685 g/mol. The van der Waals surface area contributed by atoms with Gasteiger partial charge in [-0.2, -0.15) is 0 Å². The Labute approximate surface area is 324 Å². The van der Waals surface area contributed by atoms with Crippen LogP contribution in [0.4, 0.5) is 0 Å². The van der Waals surface area contributed by atoms with Gasteiger partial charge in [0.1, 0.15) is 5.84 Å². The molecule has 2 unspecified atom stereocenters. The lowest BCUT2D eigenvalue weighted by Gasteiger charge is -2.27. The summed E-state index contributed by atoms with van der Waals surface area (Å²) in [6, 6.07) is 58.1. The minimum Gasteiger partial charge on any atom is -0.359 e. The Morgan fingerprint density at radius 2 is 1.15 bits per heavy atom. The largest absolute Gasteiger partial charge is 0.359 e. The van der Waals surface area contributed by atoms with Crippen molar-refractivity contribution in [2.45, 2.75) is 12.5 Å². The summed E-state index contributed by atoms with van der Waals surface area (Å²) in [6.07, 6.45) is 12.0. The van der Waals surface area contributed by atoms with Gasteiger partial charge in [-0.1, -0.05) is 158 Å². The van der Waals surface area contributed by atoms with Crippen LogP contribution in [0.3, 0.4) is 0 Å². The highest BCUT2D eigenvalue weighted by atomic mass is 32.1. The Kier molecular flexibility index (Phi) is 7.60. The fraction of sp³-hybridized carbons (Fsp3) is 0.0577. The van der Waals surface area contributed by atoms with Crippen LogP contribution in [0.5, 0.6) is 0 Å². The minimum absolute atomic E-state index is 0.0588. The first kappa shape index (κ1) is 31.9. The Balaban J connectivity index is 0.984. The molecule has 2 aliphatic rings. The summed E-state index contributed by atoms with van der Waals surface area (Å²) in [6.45, 7) is 0. The van der Waals surface area contributed by atoms with Gasteiger partial charge in [-0.05, 0) is 96.9 Å². The van der Waals surface area contributed by atoms with Gasteiger partial charge >= 0.3 is 0 Å². The number of hydrogen-bond donors (Lipinski definition) is 1. The van der Waals surface area contributed by atoms with Gasteiger partial charge in [0.15, 0.2) is 0 Å². The first-order chi connectivity index (χ1) is 27.2. The maximum absolute atomic E-state index is 5.21. The molecule has 55 heavy (non-hydrogen) atoms. The summed E-state index contributed by atoms with van der Waals surface area (Å²) in [7, 11) is 0. The van der Waals surface area contributed by atoms with Crippen molar-refractivity contribution in [1.29, 1.82) is 0 Å². The van der Waals surface area contributed by atoms with Crippen molar-refractivity contribution in [1.82, 2.24) is 5.32 Å². The predicted molar refractivity (Wildman–Crippen MR) is 236 cm³/mol. The first-order valence-electron chi connectivity index (χ1n) is 19.1. The molecule has 11 rings (SSSR count). The van der Waals surface area contributed by atoms with Gasteiger partial charge < -0.3 is 5.32 Å². The third-order valence-electron chi connectivity index (χ3n) is 11.4. The predicted octanol–water partition coefficient (Wildman–Crippen LogP) is 14.0. The van der Waals surface area contributed by atoms with Crippen LogP contribution in [0.1, 0.15) is 23.6 Å². The van der Waals surface area contributed by atoms with E-state index >= 15 is 0 Å². The molecule has 1 aromatic heterocycles.